The van der Waals surface area contributed by atoms with Crippen LogP contribution in [0.15, 0.2) is 23.0 Å². The monoisotopic (exact) mass is 278 g/mol. The highest BCUT2D eigenvalue weighted by Crippen LogP contribution is 2.27. The van der Waals surface area contributed by atoms with E-state index in [1.54, 1.807) is 25.6 Å². The first-order chi connectivity index (χ1) is 9.61. The largest absolute Gasteiger partial charge is 0.494 e. The minimum absolute atomic E-state index is 0.104. The first-order valence-corrected chi connectivity index (χ1v) is 6.31. The molecule has 0 saturated carbocycles. The minimum atomic E-state index is -0.428. The first-order valence-electron chi connectivity index (χ1n) is 6.31. The third-order valence-corrected chi connectivity index (χ3v) is 2.62. The Labute approximate surface area is 117 Å². The second-order valence-corrected chi connectivity index (χ2v) is 4.52. The number of nitrogens with two attached hydrogens (primary N) is 1. The van der Waals surface area contributed by atoms with Crippen molar-refractivity contribution >= 4 is 0 Å². The zero-order valence-corrected chi connectivity index (χ0v) is 11.7. The second-order valence-electron chi connectivity index (χ2n) is 4.52. The molecule has 7 heteroatoms. The van der Waals surface area contributed by atoms with Crippen molar-refractivity contribution in [2.24, 2.45) is 5.73 Å². The summed E-state index contributed by atoms with van der Waals surface area (Å²) in [6.07, 6.45) is 3.32. The Morgan fingerprint density at radius 2 is 2.20 bits per heavy atom. The molecular formula is C13H18N4O3. The van der Waals surface area contributed by atoms with E-state index >= 15 is 0 Å². The third-order valence-electron chi connectivity index (χ3n) is 2.62. The Bertz CT molecular complexity index is 556. The maximum Gasteiger partial charge on any atom is 0.261 e. The molecule has 0 radical (unpaired) electrons. The topological polar surface area (TPSA) is 96.3 Å². The molecule has 0 spiro atoms. The van der Waals surface area contributed by atoms with Crippen LogP contribution in [-0.2, 0) is 4.74 Å². The van der Waals surface area contributed by atoms with Gasteiger partial charge in [0.25, 0.3) is 5.89 Å². The SMILES string of the molecule is COc1cnccc1-c1nc(C(N)COC(C)C)no1. The molecule has 0 amide bonds. The van der Waals surface area contributed by atoms with E-state index in [9.17, 15) is 0 Å². The molecule has 2 aromatic rings. The van der Waals surface area contributed by atoms with Gasteiger partial charge in [0, 0.05) is 6.20 Å². The van der Waals surface area contributed by atoms with E-state index in [4.69, 9.17) is 19.7 Å². The van der Waals surface area contributed by atoms with Gasteiger partial charge in [0.15, 0.2) is 5.82 Å². The second kappa shape index (κ2) is 6.44. The van der Waals surface area contributed by atoms with Gasteiger partial charge < -0.3 is 19.7 Å². The summed E-state index contributed by atoms with van der Waals surface area (Å²) in [7, 11) is 1.56. The fraction of sp³-hybridized carbons (Fsp3) is 0.462. The van der Waals surface area contributed by atoms with Crippen LogP contribution in [0.1, 0.15) is 25.7 Å². The lowest BCUT2D eigenvalue weighted by atomic mass is 10.2. The van der Waals surface area contributed by atoms with Crippen molar-refractivity contribution in [3.8, 4) is 17.2 Å². The number of rotatable bonds is 6. The van der Waals surface area contributed by atoms with Gasteiger partial charge in [-0.2, -0.15) is 4.98 Å². The molecule has 0 aliphatic rings. The molecule has 0 aliphatic heterocycles. The van der Waals surface area contributed by atoms with E-state index in [2.05, 4.69) is 15.1 Å². The maximum atomic E-state index is 5.95. The molecule has 0 bridgehead atoms. The summed E-state index contributed by atoms with van der Waals surface area (Å²) < 4.78 is 15.9. The smallest absolute Gasteiger partial charge is 0.261 e. The molecule has 2 rings (SSSR count). The van der Waals surface area contributed by atoms with Gasteiger partial charge in [0.2, 0.25) is 0 Å². The van der Waals surface area contributed by atoms with Crippen molar-refractivity contribution in [3.63, 3.8) is 0 Å². The highest BCUT2D eigenvalue weighted by Gasteiger charge is 2.18. The summed E-state index contributed by atoms with van der Waals surface area (Å²) in [6.45, 7) is 4.22. The Hall–Kier alpha value is -1.99. The van der Waals surface area contributed by atoms with Crippen LogP contribution in [0.2, 0.25) is 0 Å². The summed E-state index contributed by atoms with van der Waals surface area (Å²) in [5, 5.41) is 3.88. The molecule has 2 aromatic heterocycles. The average Bonchev–Trinajstić information content (AvgIpc) is 2.94. The molecule has 0 fully saturated rings. The van der Waals surface area contributed by atoms with Crippen LogP contribution in [0.5, 0.6) is 5.75 Å². The van der Waals surface area contributed by atoms with Crippen LogP contribution in [0.3, 0.4) is 0 Å². The molecule has 0 aliphatic carbocycles. The number of hydrogen-bond donors (Lipinski definition) is 1. The van der Waals surface area contributed by atoms with Gasteiger partial charge in [-0.3, -0.25) is 4.98 Å². The molecule has 108 valence electrons. The summed E-state index contributed by atoms with van der Waals surface area (Å²) in [6, 6.07) is 1.31. The Kier molecular flexibility index (Phi) is 4.65. The van der Waals surface area contributed by atoms with Crippen LogP contribution in [-0.4, -0.2) is 34.9 Å². The van der Waals surface area contributed by atoms with Gasteiger partial charge >= 0.3 is 0 Å². The molecular weight excluding hydrogens is 260 g/mol. The number of nitrogens with zero attached hydrogens (tertiary/aromatic N) is 3. The number of hydrogen-bond acceptors (Lipinski definition) is 7. The van der Waals surface area contributed by atoms with Crippen LogP contribution in [0.25, 0.3) is 11.5 Å². The predicted molar refractivity (Wildman–Crippen MR) is 72.1 cm³/mol. The minimum Gasteiger partial charge on any atom is -0.494 e. The van der Waals surface area contributed by atoms with E-state index in [0.29, 0.717) is 29.6 Å². The molecule has 0 aromatic carbocycles. The number of aromatic nitrogens is 3. The van der Waals surface area contributed by atoms with Gasteiger partial charge in [0.05, 0.1) is 37.6 Å². The fourth-order valence-electron chi connectivity index (χ4n) is 1.58. The molecule has 0 saturated heterocycles. The van der Waals surface area contributed by atoms with Crippen molar-refractivity contribution in [1.29, 1.82) is 0 Å². The fourth-order valence-corrected chi connectivity index (χ4v) is 1.58. The Balaban J connectivity index is 2.16. The van der Waals surface area contributed by atoms with E-state index in [1.165, 1.54) is 0 Å². The lowest BCUT2D eigenvalue weighted by Gasteiger charge is -2.10. The van der Waals surface area contributed by atoms with Gasteiger partial charge in [0.1, 0.15) is 5.75 Å². The molecule has 1 atom stereocenters. The third kappa shape index (κ3) is 3.31. The maximum absolute atomic E-state index is 5.95. The summed E-state index contributed by atoms with van der Waals surface area (Å²) >= 11 is 0. The molecule has 7 nitrogen and oxygen atoms in total. The van der Waals surface area contributed by atoms with Crippen molar-refractivity contribution in [2.45, 2.75) is 26.0 Å². The lowest BCUT2D eigenvalue weighted by molar-refractivity contribution is 0.0665. The molecule has 1 unspecified atom stereocenters. The lowest BCUT2D eigenvalue weighted by Crippen LogP contribution is -2.20. The van der Waals surface area contributed by atoms with E-state index in [-0.39, 0.29) is 6.10 Å². The molecule has 2 N–H and O–H groups in total. The van der Waals surface area contributed by atoms with Gasteiger partial charge in [-0.15, -0.1) is 0 Å². The molecule has 2 heterocycles. The van der Waals surface area contributed by atoms with Crippen LogP contribution >= 0.6 is 0 Å². The van der Waals surface area contributed by atoms with Crippen LogP contribution in [0, 0.1) is 0 Å². The quantitative estimate of drug-likeness (QED) is 0.856. The van der Waals surface area contributed by atoms with E-state index in [0.717, 1.165) is 0 Å². The highest BCUT2D eigenvalue weighted by molar-refractivity contribution is 5.61. The van der Waals surface area contributed by atoms with Crippen LogP contribution < -0.4 is 10.5 Å². The van der Waals surface area contributed by atoms with Crippen molar-refractivity contribution in [2.75, 3.05) is 13.7 Å². The van der Waals surface area contributed by atoms with E-state index < -0.39 is 6.04 Å². The zero-order chi connectivity index (χ0) is 14.5. The number of ether oxygens (including phenoxy) is 2. The predicted octanol–water partition coefficient (Wildman–Crippen LogP) is 1.56. The summed E-state index contributed by atoms with van der Waals surface area (Å²) in [5.41, 5.74) is 6.63. The Morgan fingerprint density at radius 3 is 2.90 bits per heavy atom. The van der Waals surface area contributed by atoms with Crippen LogP contribution in [0.4, 0.5) is 0 Å². The zero-order valence-electron chi connectivity index (χ0n) is 11.7. The van der Waals surface area contributed by atoms with Gasteiger partial charge in [-0.25, -0.2) is 0 Å². The Morgan fingerprint density at radius 1 is 1.40 bits per heavy atom. The van der Waals surface area contributed by atoms with Crippen molar-refractivity contribution in [1.82, 2.24) is 15.1 Å². The average molecular weight is 278 g/mol. The van der Waals surface area contributed by atoms with Gasteiger partial charge in [-0.05, 0) is 19.9 Å². The molecule has 20 heavy (non-hydrogen) atoms. The first kappa shape index (κ1) is 14.4. The van der Waals surface area contributed by atoms with Gasteiger partial charge in [-0.1, -0.05) is 5.16 Å². The highest BCUT2D eigenvalue weighted by atomic mass is 16.5. The standard InChI is InChI=1S/C13H18N4O3/c1-8(2)19-7-10(14)12-16-13(20-17-12)9-4-5-15-6-11(9)18-3/h4-6,8,10H,7,14H2,1-3H3. The van der Waals surface area contributed by atoms with E-state index in [1.807, 2.05) is 13.8 Å². The van der Waals surface area contributed by atoms with Crippen molar-refractivity contribution in [3.05, 3.63) is 24.3 Å². The number of methoxy groups -OCH3 is 1. The number of pyridine rings is 1. The summed E-state index contributed by atoms with van der Waals surface area (Å²) in [4.78, 5) is 8.25. The summed E-state index contributed by atoms with van der Waals surface area (Å²) in [5.74, 6) is 1.31. The van der Waals surface area contributed by atoms with Crippen molar-refractivity contribution < 1.29 is 14.0 Å². The normalized spacial score (nSPS) is 12.7.